The van der Waals surface area contributed by atoms with E-state index in [2.05, 4.69) is 4.98 Å². The molecule has 0 radical (unpaired) electrons. The minimum absolute atomic E-state index is 0.0796. The molecule has 0 saturated heterocycles. The van der Waals surface area contributed by atoms with E-state index in [1.54, 1.807) is 10.5 Å². The Kier molecular flexibility index (Phi) is 3.22. The average Bonchev–Trinajstić information content (AvgIpc) is 2.79. The number of rotatable bonds is 2. The highest BCUT2D eigenvalue weighted by atomic mass is 35.5. The highest BCUT2D eigenvalue weighted by Crippen LogP contribution is 2.29. The number of hydrogen-bond acceptors (Lipinski definition) is 3. The van der Waals surface area contributed by atoms with Gasteiger partial charge in [0.15, 0.2) is 0 Å². The fourth-order valence-corrected chi connectivity index (χ4v) is 2.29. The number of aromatic nitrogens is 2. The lowest BCUT2D eigenvalue weighted by molar-refractivity contribution is 0.629. The van der Waals surface area contributed by atoms with Crippen LogP contribution in [-0.4, -0.2) is 23.5 Å². The van der Waals surface area contributed by atoms with E-state index >= 15 is 0 Å². The van der Waals surface area contributed by atoms with Gasteiger partial charge in [0.1, 0.15) is 23.0 Å². The van der Waals surface area contributed by atoms with Gasteiger partial charge in [-0.15, -0.1) is 0 Å². The van der Waals surface area contributed by atoms with Gasteiger partial charge in [0, 0.05) is 25.9 Å². The number of anilines is 2. The fourth-order valence-electron chi connectivity index (χ4n) is 2.17. The van der Waals surface area contributed by atoms with Crippen LogP contribution in [0.15, 0.2) is 36.5 Å². The number of nitrogen functional groups attached to an aromatic ring is 1. The second-order valence-corrected chi connectivity index (χ2v) is 5.39. The van der Waals surface area contributed by atoms with Crippen molar-refractivity contribution in [2.45, 2.75) is 0 Å². The number of nitrogens with two attached hydrogens (primary N) is 1. The molecule has 0 aliphatic carbocycles. The van der Waals surface area contributed by atoms with E-state index in [-0.39, 0.29) is 5.02 Å². The Morgan fingerprint density at radius 2 is 2.00 bits per heavy atom. The molecule has 0 aliphatic heterocycles. The first-order valence-electron chi connectivity index (χ1n) is 6.37. The van der Waals surface area contributed by atoms with E-state index in [1.165, 1.54) is 12.1 Å². The first-order chi connectivity index (χ1) is 9.97. The molecular formula is C15H14ClFN4. The summed E-state index contributed by atoms with van der Waals surface area (Å²) in [6.07, 6.45) is 1.90. The van der Waals surface area contributed by atoms with Crippen LogP contribution in [0.25, 0.3) is 16.9 Å². The Bertz CT molecular complexity index is 826. The number of halogens is 2. The van der Waals surface area contributed by atoms with Crippen LogP contribution in [-0.2, 0) is 0 Å². The van der Waals surface area contributed by atoms with Gasteiger partial charge < -0.3 is 10.6 Å². The van der Waals surface area contributed by atoms with Gasteiger partial charge in [-0.3, -0.25) is 4.40 Å². The van der Waals surface area contributed by atoms with Crippen molar-refractivity contribution < 1.29 is 4.39 Å². The number of fused-ring (bicyclic) bond motifs is 1. The van der Waals surface area contributed by atoms with Gasteiger partial charge in [-0.25, -0.2) is 9.37 Å². The smallest absolute Gasteiger partial charge is 0.142 e. The minimum Gasteiger partial charge on any atom is -0.383 e. The molecule has 0 spiro atoms. The van der Waals surface area contributed by atoms with E-state index in [9.17, 15) is 4.39 Å². The normalized spacial score (nSPS) is 11.0. The van der Waals surface area contributed by atoms with Gasteiger partial charge in [-0.1, -0.05) is 17.7 Å². The molecule has 0 unspecified atom stereocenters. The summed E-state index contributed by atoms with van der Waals surface area (Å²) >= 11 is 5.70. The van der Waals surface area contributed by atoms with Crippen LogP contribution < -0.4 is 10.6 Å². The van der Waals surface area contributed by atoms with Crippen LogP contribution in [0.3, 0.4) is 0 Å². The Morgan fingerprint density at radius 3 is 2.67 bits per heavy atom. The molecule has 108 valence electrons. The van der Waals surface area contributed by atoms with Crippen molar-refractivity contribution in [1.82, 2.24) is 9.38 Å². The van der Waals surface area contributed by atoms with Gasteiger partial charge in [0.05, 0.1) is 10.7 Å². The van der Waals surface area contributed by atoms with Crippen molar-refractivity contribution in [3.05, 3.63) is 47.4 Å². The number of hydrogen-bond donors (Lipinski definition) is 1. The molecule has 3 aromatic rings. The molecule has 0 bridgehead atoms. The molecule has 3 rings (SSSR count). The van der Waals surface area contributed by atoms with Crippen LogP contribution >= 0.6 is 11.6 Å². The third kappa shape index (κ3) is 2.29. The highest BCUT2D eigenvalue weighted by Gasteiger charge is 2.13. The Hall–Kier alpha value is -2.27. The fraction of sp³-hybridized carbons (Fsp3) is 0.133. The molecule has 2 N–H and O–H groups in total. The van der Waals surface area contributed by atoms with Crippen molar-refractivity contribution >= 4 is 28.8 Å². The first-order valence-corrected chi connectivity index (χ1v) is 6.75. The maximum Gasteiger partial charge on any atom is 0.142 e. The number of benzene rings is 1. The van der Waals surface area contributed by atoms with Gasteiger partial charge in [0.2, 0.25) is 0 Å². The van der Waals surface area contributed by atoms with Gasteiger partial charge in [0.25, 0.3) is 0 Å². The summed E-state index contributed by atoms with van der Waals surface area (Å²) in [5, 5.41) is 0.0796. The van der Waals surface area contributed by atoms with E-state index < -0.39 is 5.82 Å². The molecule has 0 saturated carbocycles. The zero-order valence-electron chi connectivity index (χ0n) is 11.6. The van der Waals surface area contributed by atoms with Crippen LogP contribution in [0.1, 0.15) is 0 Å². The second kappa shape index (κ2) is 4.93. The lowest BCUT2D eigenvalue weighted by Gasteiger charge is -2.12. The van der Waals surface area contributed by atoms with Gasteiger partial charge in [-0.2, -0.15) is 0 Å². The van der Waals surface area contributed by atoms with E-state index in [1.807, 2.05) is 37.3 Å². The summed E-state index contributed by atoms with van der Waals surface area (Å²) in [7, 11) is 3.90. The molecule has 2 heterocycles. The van der Waals surface area contributed by atoms with E-state index in [0.29, 0.717) is 22.7 Å². The molecule has 0 atom stereocenters. The van der Waals surface area contributed by atoms with Crippen molar-refractivity contribution in [1.29, 1.82) is 0 Å². The predicted molar refractivity (Wildman–Crippen MR) is 84.3 cm³/mol. The van der Waals surface area contributed by atoms with Crippen molar-refractivity contribution in [2.24, 2.45) is 0 Å². The van der Waals surface area contributed by atoms with Crippen molar-refractivity contribution in [3.63, 3.8) is 0 Å². The number of imidazole rings is 1. The summed E-state index contributed by atoms with van der Waals surface area (Å²) in [5.41, 5.74) is 9.01. The summed E-state index contributed by atoms with van der Waals surface area (Å²) < 4.78 is 15.4. The Labute approximate surface area is 126 Å². The van der Waals surface area contributed by atoms with Crippen molar-refractivity contribution in [3.8, 4) is 11.3 Å². The largest absolute Gasteiger partial charge is 0.383 e. The third-order valence-corrected chi connectivity index (χ3v) is 3.66. The number of pyridine rings is 1. The SMILES string of the molecule is CN(C)c1ccc2nc(-c3ccc(Cl)c(F)c3)c(N)n2c1. The first kappa shape index (κ1) is 13.7. The Balaban J connectivity index is 2.19. The highest BCUT2D eigenvalue weighted by molar-refractivity contribution is 6.30. The molecule has 2 aromatic heterocycles. The standard InChI is InChI=1S/C15H14ClFN4/c1-20(2)10-4-6-13-19-14(15(18)21(13)8-10)9-3-5-11(16)12(17)7-9/h3-8H,18H2,1-2H3. The summed E-state index contributed by atoms with van der Waals surface area (Å²) in [5.74, 6) is -0.0185. The van der Waals surface area contributed by atoms with E-state index in [0.717, 1.165) is 5.69 Å². The summed E-state index contributed by atoms with van der Waals surface area (Å²) in [6, 6.07) is 8.38. The van der Waals surface area contributed by atoms with Crippen LogP contribution in [0, 0.1) is 5.82 Å². The summed E-state index contributed by atoms with van der Waals surface area (Å²) in [4.78, 5) is 6.44. The van der Waals surface area contributed by atoms with Gasteiger partial charge >= 0.3 is 0 Å². The monoisotopic (exact) mass is 304 g/mol. The quantitative estimate of drug-likeness (QED) is 0.789. The molecule has 6 heteroatoms. The molecule has 0 aliphatic rings. The zero-order valence-corrected chi connectivity index (χ0v) is 12.4. The average molecular weight is 305 g/mol. The lowest BCUT2D eigenvalue weighted by atomic mass is 10.1. The Morgan fingerprint density at radius 1 is 1.24 bits per heavy atom. The van der Waals surface area contributed by atoms with Crippen molar-refractivity contribution in [2.75, 3.05) is 24.7 Å². The van der Waals surface area contributed by atoms with Crippen LogP contribution in [0.2, 0.25) is 5.02 Å². The molecule has 4 nitrogen and oxygen atoms in total. The molecule has 1 aromatic carbocycles. The topological polar surface area (TPSA) is 46.6 Å². The zero-order chi connectivity index (χ0) is 15.1. The second-order valence-electron chi connectivity index (χ2n) is 4.98. The third-order valence-electron chi connectivity index (χ3n) is 3.35. The van der Waals surface area contributed by atoms with Crippen LogP contribution in [0.4, 0.5) is 15.9 Å². The molecule has 0 amide bonds. The molecular weight excluding hydrogens is 291 g/mol. The predicted octanol–water partition coefficient (Wildman–Crippen LogP) is 3.44. The maximum absolute atomic E-state index is 13.6. The minimum atomic E-state index is -0.486. The lowest BCUT2D eigenvalue weighted by Crippen LogP contribution is -2.09. The summed E-state index contributed by atoms with van der Waals surface area (Å²) in [6.45, 7) is 0. The van der Waals surface area contributed by atoms with E-state index in [4.69, 9.17) is 17.3 Å². The molecule has 0 fully saturated rings. The number of nitrogens with zero attached hydrogens (tertiary/aromatic N) is 3. The van der Waals surface area contributed by atoms with Gasteiger partial charge in [-0.05, 0) is 24.3 Å². The maximum atomic E-state index is 13.6. The van der Waals surface area contributed by atoms with Crippen LogP contribution in [0.5, 0.6) is 0 Å². The molecule has 21 heavy (non-hydrogen) atoms.